The van der Waals surface area contributed by atoms with Crippen LogP contribution in [0.1, 0.15) is 24.8 Å². The normalized spacial score (nSPS) is 11.7. The van der Waals surface area contributed by atoms with Crippen molar-refractivity contribution in [2.24, 2.45) is 0 Å². The van der Waals surface area contributed by atoms with Gasteiger partial charge in [0, 0.05) is 36.1 Å². The number of carbonyl (C=O) groups excluding carboxylic acids is 1. The zero-order valence-corrected chi connectivity index (χ0v) is 20.0. The third kappa shape index (κ3) is 5.63. The quantitative estimate of drug-likeness (QED) is 0.335. The Morgan fingerprint density at radius 1 is 1.03 bits per heavy atom. The fraction of sp³-hybridized carbons (Fsp3) is 0.231. The molecule has 0 aliphatic carbocycles. The molecule has 174 valence electrons. The Labute approximate surface area is 203 Å². The summed E-state index contributed by atoms with van der Waals surface area (Å²) in [5.41, 5.74) is 3.01. The second-order valence-electron chi connectivity index (χ2n) is 7.68. The predicted molar refractivity (Wildman–Crippen MR) is 134 cm³/mol. The summed E-state index contributed by atoms with van der Waals surface area (Å²) in [5, 5.41) is 12.5. The lowest BCUT2D eigenvalue weighted by atomic mass is 9.96. The number of aromatic nitrogens is 4. The molecule has 0 unspecified atom stereocenters. The van der Waals surface area contributed by atoms with Crippen LogP contribution in [0.2, 0.25) is 0 Å². The van der Waals surface area contributed by atoms with Gasteiger partial charge in [-0.25, -0.2) is 0 Å². The molecule has 0 aliphatic rings. The highest BCUT2D eigenvalue weighted by atomic mass is 32.2. The van der Waals surface area contributed by atoms with Gasteiger partial charge in [-0.05, 0) is 48.4 Å². The number of amides is 1. The molecule has 0 spiro atoms. The van der Waals surface area contributed by atoms with E-state index in [1.807, 2.05) is 59.2 Å². The minimum Gasteiger partial charge on any atom is -0.497 e. The Bertz CT molecular complexity index is 1200. The van der Waals surface area contributed by atoms with Crippen molar-refractivity contribution in [3.8, 4) is 22.8 Å². The van der Waals surface area contributed by atoms with E-state index in [2.05, 4.69) is 39.6 Å². The first-order valence-corrected chi connectivity index (χ1v) is 12.1. The van der Waals surface area contributed by atoms with Gasteiger partial charge in [-0.3, -0.25) is 14.3 Å². The van der Waals surface area contributed by atoms with Gasteiger partial charge in [0.2, 0.25) is 5.91 Å². The van der Waals surface area contributed by atoms with Crippen molar-refractivity contribution in [2.45, 2.75) is 24.4 Å². The number of methoxy groups -OCH3 is 1. The lowest BCUT2D eigenvalue weighted by Gasteiger charge is -2.16. The third-order valence-corrected chi connectivity index (χ3v) is 6.47. The second-order valence-corrected chi connectivity index (χ2v) is 8.63. The topological polar surface area (TPSA) is 81.9 Å². The van der Waals surface area contributed by atoms with Gasteiger partial charge in [0.15, 0.2) is 11.0 Å². The van der Waals surface area contributed by atoms with Crippen LogP contribution in [0.4, 0.5) is 0 Å². The minimum absolute atomic E-state index is 0.0332. The summed E-state index contributed by atoms with van der Waals surface area (Å²) < 4.78 is 7.24. The molecule has 2 aromatic carbocycles. The fourth-order valence-electron chi connectivity index (χ4n) is 3.66. The summed E-state index contributed by atoms with van der Waals surface area (Å²) in [6, 6.07) is 21.7. The fourth-order valence-corrected chi connectivity index (χ4v) is 4.44. The Morgan fingerprint density at radius 2 is 1.76 bits per heavy atom. The molecule has 2 aromatic heterocycles. The lowest BCUT2D eigenvalue weighted by Crippen LogP contribution is -2.29. The number of rotatable bonds is 10. The summed E-state index contributed by atoms with van der Waals surface area (Å²) in [5.74, 6) is 1.95. The molecular formula is C26H27N5O2S. The molecule has 2 heterocycles. The highest BCUT2D eigenvalue weighted by Crippen LogP contribution is 2.28. The van der Waals surface area contributed by atoms with Crippen molar-refractivity contribution in [3.05, 3.63) is 84.7 Å². The van der Waals surface area contributed by atoms with Crippen LogP contribution in [-0.2, 0) is 4.79 Å². The molecule has 8 heteroatoms. The molecule has 0 saturated heterocycles. The number of carbonyl (C=O) groups is 1. The van der Waals surface area contributed by atoms with Gasteiger partial charge < -0.3 is 10.1 Å². The van der Waals surface area contributed by atoms with Gasteiger partial charge in [0.1, 0.15) is 5.75 Å². The van der Waals surface area contributed by atoms with Crippen LogP contribution in [0.25, 0.3) is 17.1 Å². The molecule has 0 fully saturated rings. The molecule has 34 heavy (non-hydrogen) atoms. The molecule has 1 amide bonds. The van der Waals surface area contributed by atoms with E-state index in [0.29, 0.717) is 17.5 Å². The highest BCUT2D eigenvalue weighted by Gasteiger charge is 2.18. The molecule has 0 bridgehead atoms. The molecule has 7 nitrogen and oxygen atoms in total. The zero-order chi connectivity index (χ0) is 23.8. The SMILES string of the molecule is CC[C@@H](CNC(=O)CSc1nnc(-c2ccncc2)n1-c1ccc(OC)cc1)c1ccccc1. The lowest BCUT2D eigenvalue weighted by molar-refractivity contribution is -0.118. The van der Waals surface area contributed by atoms with E-state index in [-0.39, 0.29) is 17.6 Å². The maximum atomic E-state index is 12.7. The van der Waals surface area contributed by atoms with Gasteiger partial charge in [-0.2, -0.15) is 0 Å². The molecule has 4 rings (SSSR count). The number of hydrogen-bond donors (Lipinski definition) is 1. The number of hydrogen-bond acceptors (Lipinski definition) is 6. The Kier molecular flexibility index (Phi) is 7.93. The Hall–Kier alpha value is -3.65. The van der Waals surface area contributed by atoms with Crippen LogP contribution in [-0.4, -0.2) is 45.1 Å². The largest absolute Gasteiger partial charge is 0.497 e. The van der Waals surface area contributed by atoms with Crippen molar-refractivity contribution in [2.75, 3.05) is 19.4 Å². The number of thioether (sulfide) groups is 1. The zero-order valence-electron chi connectivity index (χ0n) is 19.2. The minimum atomic E-state index is -0.0332. The summed E-state index contributed by atoms with van der Waals surface area (Å²) in [7, 11) is 1.64. The maximum Gasteiger partial charge on any atom is 0.230 e. The van der Waals surface area contributed by atoms with E-state index in [1.54, 1.807) is 19.5 Å². The average molecular weight is 474 g/mol. The van der Waals surface area contributed by atoms with Crippen LogP contribution < -0.4 is 10.1 Å². The van der Waals surface area contributed by atoms with Gasteiger partial charge in [0.05, 0.1) is 12.9 Å². The second kappa shape index (κ2) is 11.5. The van der Waals surface area contributed by atoms with Crippen LogP contribution in [0.3, 0.4) is 0 Å². The predicted octanol–water partition coefficient (Wildman–Crippen LogP) is 4.74. The van der Waals surface area contributed by atoms with Gasteiger partial charge >= 0.3 is 0 Å². The summed E-state index contributed by atoms with van der Waals surface area (Å²) in [6.07, 6.45) is 4.40. The molecule has 0 radical (unpaired) electrons. The molecular weight excluding hydrogens is 446 g/mol. The Balaban J connectivity index is 1.49. The summed E-state index contributed by atoms with van der Waals surface area (Å²) in [6.45, 7) is 2.74. The molecule has 0 saturated carbocycles. The third-order valence-electron chi connectivity index (χ3n) is 5.54. The molecule has 1 N–H and O–H groups in total. The first-order chi connectivity index (χ1) is 16.7. The van der Waals surface area contributed by atoms with E-state index < -0.39 is 0 Å². The van der Waals surface area contributed by atoms with Gasteiger partial charge in [-0.15, -0.1) is 10.2 Å². The van der Waals surface area contributed by atoms with E-state index in [9.17, 15) is 4.79 Å². The first kappa shape index (κ1) is 23.5. The average Bonchev–Trinajstić information content (AvgIpc) is 3.33. The number of nitrogens with zero attached hydrogens (tertiary/aromatic N) is 4. The Morgan fingerprint density at radius 3 is 2.44 bits per heavy atom. The number of nitrogens with one attached hydrogen (secondary N) is 1. The maximum absolute atomic E-state index is 12.7. The molecule has 4 aromatic rings. The van der Waals surface area contributed by atoms with Crippen molar-refractivity contribution in [3.63, 3.8) is 0 Å². The van der Waals surface area contributed by atoms with Crippen molar-refractivity contribution in [1.29, 1.82) is 0 Å². The number of benzene rings is 2. The van der Waals surface area contributed by atoms with E-state index in [1.165, 1.54) is 17.3 Å². The smallest absolute Gasteiger partial charge is 0.230 e. The summed E-state index contributed by atoms with van der Waals surface area (Å²) >= 11 is 1.36. The van der Waals surface area contributed by atoms with Gasteiger partial charge in [-0.1, -0.05) is 49.0 Å². The van der Waals surface area contributed by atoms with Crippen molar-refractivity contribution < 1.29 is 9.53 Å². The van der Waals surface area contributed by atoms with E-state index in [4.69, 9.17) is 4.74 Å². The van der Waals surface area contributed by atoms with Crippen LogP contribution in [0.5, 0.6) is 5.75 Å². The van der Waals surface area contributed by atoms with Crippen molar-refractivity contribution >= 4 is 17.7 Å². The van der Waals surface area contributed by atoms with Crippen LogP contribution in [0, 0.1) is 0 Å². The van der Waals surface area contributed by atoms with E-state index in [0.717, 1.165) is 23.4 Å². The van der Waals surface area contributed by atoms with Gasteiger partial charge in [0.25, 0.3) is 0 Å². The number of ether oxygens (including phenoxy) is 1. The highest BCUT2D eigenvalue weighted by molar-refractivity contribution is 7.99. The summed E-state index contributed by atoms with van der Waals surface area (Å²) in [4.78, 5) is 16.8. The van der Waals surface area contributed by atoms with Crippen LogP contribution >= 0.6 is 11.8 Å². The van der Waals surface area contributed by atoms with Crippen molar-refractivity contribution in [1.82, 2.24) is 25.1 Å². The number of pyridine rings is 1. The van der Waals surface area contributed by atoms with E-state index >= 15 is 0 Å². The molecule has 1 atom stereocenters. The van der Waals surface area contributed by atoms with Crippen LogP contribution in [0.15, 0.2) is 84.3 Å². The monoisotopic (exact) mass is 473 g/mol. The first-order valence-electron chi connectivity index (χ1n) is 11.1. The molecule has 0 aliphatic heterocycles. The standard InChI is InChI=1S/C26H27N5O2S/c1-3-19(20-7-5-4-6-8-20)17-28-24(32)18-34-26-30-29-25(21-13-15-27-16-14-21)31(26)22-9-11-23(33-2)12-10-22/h4-16,19H,3,17-18H2,1-2H3,(H,28,32)/t19-/m0/s1.